The smallest absolute Gasteiger partial charge is 0.136 e. The van der Waals surface area contributed by atoms with E-state index in [4.69, 9.17) is 0 Å². The summed E-state index contributed by atoms with van der Waals surface area (Å²) in [6.45, 7) is 0. The Morgan fingerprint density at radius 3 is 2.92 bits per heavy atom. The molecule has 0 bridgehead atoms. The molecule has 2 nitrogen and oxygen atoms in total. The molecule has 1 atom stereocenters. The molecular formula is C10H10O2. The summed E-state index contributed by atoms with van der Waals surface area (Å²) in [5.74, 6) is 0.0281. The SMILES string of the molecule is OC1=CC=C2CC=CC=C2C1O. The van der Waals surface area contributed by atoms with Crippen LogP contribution in [0, 0.1) is 0 Å². The second-order valence-electron chi connectivity index (χ2n) is 2.94. The van der Waals surface area contributed by atoms with E-state index in [1.807, 2.05) is 24.3 Å². The predicted octanol–water partition coefficient (Wildman–Crippen LogP) is 1.62. The average molecular weight is 162 g/mol. The van der Waals surface area contributed by atoms with Gasteiger partial charge in [0.15, 0.2) is 0 Å². The number of aliphatic hydroxyl groups excluding tert-OH is 2. The van der Waals surface area contributed by atoms with Crippen LogP contribution in [0.3, 0.4) is 0 Å². The van der Waals surface area contributed by atoms with Crippen molar-refractivity contribution >= 4 is 0 Å². The van der Waals surface area contributed by atoms with Crippen LogP contribution in [0.25, 0.3) is 0 Å². The zero-order valence-corrected chi connectivity index (χ0v) is 6.57. The third kappa shape index (κ3) is 1.01. The van der Waals surface area contributed by atoms with Crippen LogP contribution in [0.15, 0.2) is 47.3 Å². The summed E-state index contributed by atoms with van der Waals surface area (Å²) in [7, 11) is 0. The molecule has 2 heteroatoms. The summed E-state index contributed by atoms with van der Waals surface area (Å²) in [6.07, 6.45) is 9.17. The minimum atomic E-state index is -0.824. The van der Waals surface area contributed by atoms with Crippen LogP contribution < -0.4 is 0 Å². The number of fused-ring (bicyclic) bond motifs is 1. The number of allylic oxidation sites excluding steroid dienone is 5. The van der Waals surface area contributed by atoms with Gasteiger partial charge in [-0.1, -0.05) is 24.3 Å². The minimum absolute atomic E-state index is 0.0281. The van der Waals surface area contributed by atoms with Gasteiger partial charge in [0, 0.05) is 0 Å². The lowest BCUT2D eigenvalue weighted by Crippen LogP contribution is -2.18. The van der Waals surface area contributed by atoms with Gasteiger partial charge in [0.05, 0.1) is 0 Å². The van der Waals surface area contributed by atoms with Crippen molar-refractivity contribution in [3.05, 3.63) is 47.3 Å². The third-order valence-electron chi connectivity index (χ3n) is 2.15. The summed E-state index contributed by atoms with van der Waals surface area (Å²) >= 11 is 0. The van der Waals surface area contributed by atoms with E-state index < -0.39 is 6.10 Å². The molecule has 2 rings (SSSR count). The first-order valence-corrected chi connectivity index (χ1v) is 3.94. The van der Waals surface area contributed by atoms with Crippen LogP contribution in [0.4, 0.5) is 0 Å². The van der Waals surface area contributed by atoms with Gasteiger partial charge >= 0.3 is 0 Å². The van der Waals surface area contributed by atoms with E-state index in [-0.39, 0.29) is 5.76 Å². The van der Waals surface area contributed by atoms with Gasteiger partial charge < -0.3 is 10.2 Å². The highest BCUT2D eigenvalue weighted by Crippen LogP contribution is 2.28. The molecule has 0 fully saturated rings. The standard InChI is InChI=1S/C10H10O2/c11-9-6-5-7-3-1-2-4-8(7)10(9)12/h1-2,4-6,10-12H,3H2. The number of hydrogen-bond acceptors (Lipinski definition) is 2. The maximum Gasteiger partial charge on any atom is 0.136 e. The maximum atomic E-state index is 9.51. The fourth-order valence-electron chi connectivity index (χ4n) is 1.46. The van der Waals surface area contributed by atoms with Crippen molar-refractivity contribution in [2.24, 2.45) is 0 Å². The average Bonchev–Trinajstić information content (AvgIpc) is 2.12. The topological polar surface area (TPSA) is 40.5 Å². The summed E-state index contributed by atoms with van der Waals surface area (Å²) in [5.41, 5.74) is 1.90. The molecule has 0 spiro atoms. The molecule has 0 aromatic rings. The molecule has 0 saturated carbocycles. The fourth-order valence-corrected chi connectivity index (χ4v) is 1.46. The molecule has 2 aliphatic carbocycles. The highest BCUT2D eigenvalue weighted by Gasteiger charge is 2.21. The Labute approximate surface area is 70.8 Å². The molecule has 0 amide bonds. The third-order valence-corrected chi connectivity index (χ3v) is 2.15. The predicted molar refractivity (Wildman–Crippen MR) is 46.6 cm³/mol. The van der Waals surface area contributed by atoms with Gasteiger partial charge in [-0.15, -0.1) is 0 Å². The normalized spacial score (nSPS) is 27.1. The molecule has 0 heterocycles. The second-order valence-corrected chi connectivity index (χ2v) is 2.94. The van der Waals surface area contributed by atoms with Crippen LogP contribution in [-0.2, 0) is 0 Å². The van der Waals surface area contributed by atoms with Gasteiger partial charge in [0.25, 0.3) is 0 Å². The Balaban J connectivity index is 2.43. The largest absolute Gasteiger partial charge is 0.509 e. The Morgan fingerprint density at radius 2 is 2.08 bits per heavy atom. The van der Waals surface area contributed by atoms with E-state index >= 15 is 0 Å². The van der Waals surface area contributed by atoms with Crippen LogP contribution in [0.2, 0.25) is 0 Å². The van der Waals surface area contributed by atoms with Crippen LogP contribution in [0.1, 0.15) is 6.42 Å². The minimum Gasteiger partial charge on any atom is -0.509 e. The first-order chi connectivity index (χ1) is 5.79. The highest BCUT2D eigenvalue weighted by atomic mass is 16.3. The molecule has 0 aromatic carbocycles. The molecule has 1 unspecified atom stereocenters. The fraction of sp³-hybridized carbons (Fsp3) is 0.200. The molecule has 0 aromatic heterocycles. The highest BCUT2D eigenvalue weighted by molar-refractivity contribution is 5.49. The monoisotopic (exact) mass is 162 g/mol. The van der Waals surface area contributed by atoms with E-state index in [2.05, 4.69) is 0 Å². The zero-order chi connectivity index (χ0) is 8.55. The molecule has 62 valence electrons. The van der Waals surface area contributed by atoms with Gasteiger partial charge in [0.1, 0.15) is 11.9 Å². The van der Waals surface area contributed by atoms with E-state index in [0.29, 0.717) is 0 Å². The van der Waals surface area contributed by atoms with Crippen molar-refractivity contribution in [3.8, 4) is 0 Å². The van der Waals surface area contributed by atoms with Crippen LogP contribution in [-0.4, -0.2) is 16.3 Å². The van der Waals surface area contributed by atoms with Gasteiger partial charge in [-0.3, -0.25) is 0 Å². The summed E-state index contributed by atoms with van der Waals surface area (Å²) in [5, 5.41) is 18.7. The molecule has 0 aliphatic heterocycles. The van der Waals surface area contributed by atoms with Crippen molar-refractivity contribution in [1.29, 1.82) is 0 Å². The van der Waals surface area contributed by atoms with E-state index in [0.717, 1.165) is 17.6 Å². The van der Waals surface area contributed by atoms with Gasteiger partial charge in [-0.2, -0.15) is 0 Å². The van der Waals surface area contributed by atoms with Crippen molar-refractivity contribution in [1.82, 2.24) is 0 Å². The van der Waals surface area contributed by atoms with Gasteiger partial charge in [0.2, 0.25) is 0 Å². The molecule has 2 N–H and O–H groups in total. The Morgan fingerprint density at radius 1 is 1.25 bits per heavy atom. The Bertz CT molecular complexity index is 319. The van der Waals surface area contributed by atoms with Crippen molar-refractivity contribution in [3.63, 3.8) is 0 Å². The van der Waals surface area contributed by atoms with Crippen molar-refractivity contribution in [2.75, 3.05) is 0 Å². The van der Waals surface area contributed by atoms with E-state index in [1.165, 1.54) is 0 Å². The molecular weight excluding hydrogens is 152 g/mol. The number of aliphatic hydroxyl groups is 2. The lowest BCUT2D eigenvalue weighted by molar-refractivity contribution is 0.183. The quantitative estimate of drug-likeness (QED) is 0.568. The van der Waals surface area contributed by atoms with Gasteiger partial charge in [-0.25, -0.2) is 0 Å². The van der Waals surface area contributed by atoms with Crippen molar-refractivity contribution < 1.29 is 10.2 Å². The Kier molecular flexibility index (Phi) is 1.62. The lowest BCUT2D eigenvalue weighted by Gasteiger charge is -2.21. The first-order valence-electron chi connectivity index (χ1n) is 3.94. The summed E-state index contributed by atoms with van der Waals surface area (Å²) < 4.78 is 0. The lowest BCUT2D eigenvalue weighted by atomic mass is 9.89. The number of rotatable bonds is 0. The molecule has 2 aliphatic rings. The second kappa shape index (κ2) is 2.64. The van der Waals surface area contributed by atoms with Crippen LogP contribution >= 0.6 is 0 Å². The molecule has 12 heavy (non-hydrogen) atoms. The summed E-state index contributed by atoms with van der Waals surface area (Å²) in [4.78, 5) is 0. The zero-order valence-electron chi connectivity index (χ0n) is 6.57. The Hall–Kier alpha value is -1.28. The number of hydrogen-bond donors (Lipinski definition) is 2. The van der Waals surface area contributed by atoms with Gasteiger partial charge in [-0.05, 0) is 23.6 Å². The van der Waals surface area contributed by atoms with E-state index in [1.54, 1.807) is 6.08 Å². The van der Waals surface area contributed by atoms with E-state index in [9.17, 15) is 10.2 Å². The summed E-state index contributed by atoms with van der Waals surface area (Å²) in [6, 6.07) is 0. The van der Waals surface area contributed by atoms with Crippen molar-refractivity contribution in [2.45, 2.75) is 12.5 Å². The molecule has 0 saturated heterocycles. The van der Waals surface area contributed by atoms with Crippen LogP contribution in [0.5, 0.6) is 0 Å². The molecule has 0 radical (unpaired) electrons. The first kappa shape index (κ1) is 7.37. The maximum absolute atomic E-state index is 9.51.